The molecular weight excluding hydrogens is 412 g/mol. The van der Waals surface area contributed by atoms with E-state index in [9.17, 15) is 19.5 Å². The smallest absolute Gasteiger partial charge is 0.307 e. The van der Waals surface area contributed by atoms with Crippen LogP contribution in [-0.2, 0) is 9.59 Å². The second-order valence-corrected chi connectivity index (χ2v) is 9.52. The Bertz CT molecular complexity index is 1060. The minimum atomic E-state index is -0.929. The van der Waals surface area contributed by atoms with Crippen molar-refractivity contribution in [1.29, 1.82) is 0 Å². The van der Waals surface area contributed by atoms with Crippen LogP contribution < -0.4 is 10.6 Å². The van der Waals surface area contributed by atoms with Crippen LogP contribution in [0.5, 0.6) is 0 Å². The zero-order valence-corrected chi connectivity index (χ0v) is 17.7. The summed E-state index contributed by atoms with van der Waals surface area (Å²) in [6.45, 7) is 0. The number of benzene rings is 1. The van der Waals surface area contributed by atoms with E-state index in [1.807, 2.05) is 47.9 Å². The molecule has 0 radical (unpaired) electrons. The second-order valence-electron chi connectivity index (χ2n) is 8.64. The van der Waals surface area contributed by atoms with Gasteiger partial charge in [0.15, 0.2) is 0 Å². The summed E-state index contributed by atoms with van der Waals surface area (Å²) in [7, 11) is 0. The highest BCUT2D eigenvalue weighted by Gasteiger charge is 2.48. The van der Waals surface area contributed by atoms with E-state index in [2.05, 4.69) is 10.6 Å². The molecule has 4 atom stereocenters. The first-order valence-electron chi connectivity index (χ1n) is 10.7. The van der Waals surface area contributed by atoms with Crippen molar-refractivity contribution in [3.05, 3.63) is 53.4 Å². The Kier molecular flexibility index (Phi) is 5.14. The molecule has 1 aromatic heterocycles. The number of carbonyl (C=O) groups is 3. The highest BCUT2D eigenvalue weighted by atomic mass is 32.1. The summed E-state index contributed by atoms with van der Waals surface area (Å²) in [6, 6.07) is 9.81. The monoisotopic (exact) mass is 436 g/mol. The van der Waals surface area contributed by atoms with E-state index in [0.29, 0.717) is 10.6 Å². The topological polar surface area (TPSA) is 95.5 Å². The van der Waals surface area contributed by atoms with E-state index in [1.54, 1.807) is 0 Å². The fraction of sp³-hybridized carbons (Fsp3) is 0.375. The molecule has 0 aliphatic heterocycles. The molecule has 0 unspecified atom stereocenters. The Balaban J connectivity index is 1.46. The lowest BCUT2D eigenvalue weighted by atomic mass is 9.62. The van der Waals surface area contributed by atoms with E-state index in [1.165, 1.54) is 11.3 Å². The molecule has 0 saturated heterocycles. The summed E-state index contributed by atoms with van der Waals surface area (Å²) in [4.78, 5) is 38.3. The molecule has 6 nitrogen and oxygen atoms in total. The molecule has 6 rings (SSSR count). The Morgan fingerprint density at radius 2 is 1.61 bits per heavy atom. The highest BCUT2D eigenvalue weighted by molar-refractivity contribution is 7.15. The van der Waals surface area contributed by atoms with Gasteiger partial charge in [0.05, 0.1) is 17.4 Å². The lowest BCUT2D eigenvalue weighted by molar-refractivity contribution is -0.151. The normalized spacial score (nSPS) is 26.5. The second kappa shape index (κ2) is 7.96. The minimum Gasteiger partial charge on any atom is -0.481 e. The maximum atomic E-state index is 13.3. The van der Waals surface area contributed by atoms with Crippen LogP contribution >= 0.6 is 11.3 Å². The molecule has 3 N–H and O–H groups in total. The molecule has 31 heavy (non-hydrogen) atoms. The van der Waals surface area contributed by atoms with Crippen molar-refractivity contribution in [2.24, 2.45) is 23.7 Å². The largest absolute Gasteiger partial charge is 0.481 e. The summed E-state index contributed by atoms with van der Waals surface area (Å²) >= 11 is 1.31. The number of carboxylic acids is 1. The minimum absolute atomic E-state index is 0.0802. The van der Waals surface area contributed by atoms with Gasteiger partial charge in [0.1, 0.15) is 5.00 Å². The molecule has 1 heterocycles. The maximum absolute atomic E-state index is 13.3. The Hall–Kier alpha value is -2.93. The standard InChI is InChI=1S/C24H24N2O4S/c27-21(18-14-6-8-15(9-7-14)19(18)24(29)30)26-23-20(22(28)25-16-10-11-16)17(12-31-23)13-4-2-1-3-5-13/h1-6,8,12,14-16,18-19H,7,9-11H2,(H,25,28)(H,26,27)(H,29,30)/t14-,15-,18+,19-/m0/s1. The van der Waals surface area contributed by atoms with Crippen LogP contribution in [0.25, 0.3) is 11.1 Å². The van der Waals surface area contributed by atoms with E-state index < -0.39 is 17.8 Å². The van der Waals surface area contributed by atoms with Gasteiger partial charge in [0, 0.05) is 17.0 Å². The average Bonchev–Trinajstić information content (AvgIpc) is 3.50. The van der Waals surface area contributed by atoms with Gasteiger partial charge in [0.25, 0.3) is 5.91 Å². The third kappa shape index (κ3) is 3.78. The van der Waals surface area contributed by atoms with Crippen molar-refractivity contribution in [3.8, 4) is 11.1 Å². The summed E-state index contributed by atoms with van der Waals surface area (Å²) in [5.74, 6) is -2.97. The molecule has 0 spiro atoms. The number of carboxylic acid groups (broad SMARTS) is 1. The zero-order valence-electron chi connectivity index (χ0n) is 16.9. The summed E-state index contributed by atoms with van der Waals surface area (Å²) < 4.78 is 0. The summed E-state index contributed by atoms with van der Waals surface area (Å²) in [6.07, 6.45) is 7.49. The molecular formula is C24H24N2O4S. The van der Waals surface area contributed by atoms with Gasteiger partial charge in [-0.2, -0.15) is 0 Å². The molecule has 2 fully saturated rings. The lowest BCUT2D eigenvalue weighted by Gasteiger charge is -2.41. The lowest BCUT2D eigenvalue weighted by Crippen LogP contribution is -2.47. The number of anilines is 1. The van der Waals surface area contributed by atoms with Crippen molar-refractivity contribution < 1.29 is 19.5 Å². The van der Waals surface area contributed by atoms with Gasteiger partial charge in [-0.3, -0.25) is 14.4 Å². The fourth-order valence-electron chi connectivity index (χ4n) is 4.87. The van der Waals surface area contributed by atoms with Gasteiger partial charge in [-0.1, -0.05) is 42.5 Å². The number of fused-ring (bicyclic) bond motifs is 2. The SMILES string of the molecule is O=C(NC1CC1)c1c(-c2ccccc2)csc1NC(=O)[C@H]1[C@@H](C(=O)O)[C@H]2C=C[C@H]1CC2. The number of nitrogens with one attached hydrogen (secondary N) is 2. The number of hydrogen-bond acceptors (Lipinski definition) is 4. The molecule has 2 saturated carbocycles. The maximum Gasteiger partial charge on any atom is 0.307 e. The summed E-state index contributed by atoms with van der Waals surface area (Å²) in [5.41, 5.74) is 2.14. The fourth-order valence-corrected chi connectivity index (χ4v) is 5.84. The van der Waals surface area contributed by atoms with E-state index in [-0.39, 0.29) is 29.7 Å². The van der Waals surface area contributed by atoms with Crippen LogP contribution in [0.15, 0.2) is 47.9 Å². The van der Waals surface area contributed by atoms with Crippen molar-refractivity contribution in [3.63, 3.8) is 0 Å². The van der Waals surface area contributed by atoms with Crippen LogP contribution in [-0.4, -0.2) is 28.9 Å². The molecule has 160 valence electrons. The van der Waals surface area contributed by atoms with Crippen molar-refractivity contribution in [2.45, 2.75) is 31.7 Å². The Morgan fingerprint density at radius 1 is 0.935 bits per heavy atom. The van der Waals surface area contributed by atoms with Crippen LogP contribution in [0, 0.1) is 23.7 Å². The Morgan fingerprint density at radius 3 is 2.23 bits per heavy atom. The van der Waals surface area contributed by atoms with Gasteiger partial charge in [-0.25, -0.2) is 0 Å². The summed E-state index contributed by atoms with van der Waals surface area (Å²) in [5, 5.41) is 18.1. The number of carbonyl (C=O) groups excluding carboxylic acids is 2. The predicted octanol–water partition coefficient (Wildman–Crippen LogP) is 4.16. The van der Waals surface area contributed by atoms with Gasteiger partial charge < -0.3 is 15.7 Å². The van der Waals surface area contributed by atoms with Crippen LogP contribution in [0.3, 0.4) is 0 Å². The number of hydrogen-bond donors (Lipinski definition) is 3. The quantitative estimate of drug-likeness (QED) is 0.593. The van der Waals surface area contributed by atoms with Gasteiger partial charge in [-0.05, 0) is 43.1 Å². The number of aliphatic carboxylic acids is 1. The molecule has 2 aromatic rings. The molecule has 7 heteroatoms. The molecule has 2 amide bonds. The predicted molar refractivity (Wildman–Crippen MR) is 119 cm³/mol. The zero-order chi connectivity index (χ0) is 21.5. The van der Waals surface area contributed by atoms with Crippen LogP contribution in [0.4, 0.5) is 5.00 Å². The van der Waals surface area contributed by atoms with Crippen LogP contribution in [0.2, 0.25) is 0 Å². The van der Waals surface area contributed by atoms with Gasteiger partial charge in [0.2, 0.25) is 5.91 Å². The van der Waals surface area contributed by atoms with E-state index >= 15 is 0 Å². The third-order valence-corrected chi connectivity index (χ3v) is 7.48. The van der Waals surface area contributed by atoms with Crippen molar-refractivity contribution in [2.75, 3.05) is 5.32 Å². The molecule has 2 bridgehead atoms. The Labute approximate surface area is 184 Å². The first-order valence-corrected chi connectivity index (χ1v) is 11.6. The number of rotatable bonds is 6. The first kappa shape index (κ1) is 20.0. The molecule has 4 aliphatic carbocycles. The third-order valence-electron chi connectivity index (χ3n) is 6.59. The number of allylic oxidation sites excluding steroid dienone is 2. The van der Waals surface area contributed by atoms with Crippen LogP contribution in [0.1, 0.15) is 36.0 Å². The highest BCUT2D eigenvalue weighted by Crippen LogP contribution is 2.46. The van der Waals surface area contributed by atoms with Gasteiger partial charge in [-0.15, -0.1) is 11.3 Å². The van der Waals surface area contributed by atoms with E-state index in [0.717, 1.165) is 36.8 Å². The van der Waals surface area contributed by atoms with Crippen molar-refractivity contribution >= 4 is 34.1 Å². The van der Waals surface area contributed by atoms with Crippen molar-refractivity contribution in [1.82, 2.24) is 5.32 Å². The molecule has 4 aliphatic rings. The first-order chi connectivity index (χ1) is 15.0. The molecule has 1 aromatic carbocycles. The average molecular weight is 437 g/mol. The van der Waals surface area contributed by atoms with Gasteiger partial charge >= 0.3 is 5.97 Å². The number of amides is 2. The number of thiophene rings is 1. The van der Waals surface area contributed by atoms with E-state index in [4.69, 9.17) is 0 Å².